The summed E-state index contributed by atoms with van der Waals surface area (Å²) in [6.45, 7) is 6.55. The molecule has 2 N–H and O–H groups in total. The number of quaternary nitrogens is 1. The zero-order valence-corrected chi connectivity index (χ0v) is 18.6. The molecule has 1 saturated carbocycles. The van der Waals surface area contributed by atoms with Crippen LogP contribution in [0.25, 0.3) is 10.9 Å². The van der Waals surface area contributed by atoms with Crippen molar-refractivity contribution < 1.29 is 4.90 Å². The van der Waals surface area contributed by atoms with Crippen molar-refractivity contribution in [2.75, 3.05) is 13.1 Å². The van der Waals surface area contributed by atoms with E-state index in [1.165, 1.54) is 36.1 Å². The number of rotatable bonds is 5. The average Bonchev–Trinajstić information content (AvgIpc) is 3.46. The molecule has 2 aliphatic rings. The highest BCUT2D eigenvalue weighted by Gasteiger charge is 2.37. The zero-order chi connectivity index (χ0) is 21.4. The summed E-state index contributed by atoms with van der Waals surface area (Å²) >= 11 is 0. The summed E-state index contributed by atoms with van der Waals surface area (Å²) in [5.41, 5.74) is 2.94. The molecule has 0 radical (unpaired) electrons. The maximum atomic E-state index is 13.3. The smallest absolute Gasteiger partial charge is 0.258 e. The van der Waals surface area contributed by atoms with E-state index < -0.39 is 0 Å². The first-order valence-electron chi connectivity index (χ1n) is 11.9. The molecule has 5 rings (SSSR count). The summed E-state index contributed by atoms with van der Waals surface area (Å²) in [5, 5.41) is 14.1. The quantitative estimate of drug-likeness (QED) is 0.664. The third-order valence-electron chi connectivity index (χ3n) is 7.32. The minimum atomic E-state index is -0.142. The third-order valence-corrected chi connectivity index (χ3v) is 7.32. The molecule has 2 fully saturated rings. The molecule has 3 heterocycles. The first-order chi connectivity index (χ1) is 15.1. The van der Waals surface area contributed by atoms with Crippen molar-refractivity contribution in [2.45, 2.75) is 70.9 Å². The van der Waals surface area contributed by atoms with Crippen molar-refractivity contribution in [3.8, 4) is 0 Å². The predicted molar refractivity (Wildman–Crippen MR) is 120 cm³/mol. The lowest BCUT2D eigenvalue weighted by atomic mass is 9.95. The Kier molecular flexibility index (Phi) is 5.61. The molecule has 0 amide bonds. The Morgan fingerprint density at radius 1 is 1.19 bits per heavy atom. The Morgan fingerprint density at radius 3 is 2.81 bits per heavy atom. The van der Waals surface area contributed by atoms with E-state index in [2.05, 4.69) is 52.6 Å². The summed E-state index contributed by atoms with van der Waals surface area (Å²) in [4.78, 5) is 17.9. The van der Waals surface area contributed by atoms with Crippen LogP contribution in [0.4, 0.5) is 0 Å². The fourth-order valence-electron chi connectivity index (χ4n) is 5.64. The fraction of sp³-hybridized carbons (Fsp3) is 0.583. The number of likely N-dealkylation sites (tertiary alicyclic amines) is 1. The molecule has 3 atom stereocenters. The van der Waals surface area contributed by atoms with E-state index in [1.54, 1.807) is 0 Å². The predicted octanol–water partition coefficient (Wildman–Crippen LogP) is 2.60. The van der Waals surface area contributed by atoms with Gasteiger partial charge in [0, 0.05) is 11.4 Å². The first-order valence-corrected chi connectivity index (χ1v) is 11.9. The second-order valence-corrected chi connectivity index (χ2v) is 9.54. The van der Waals surface area contributed by atoms with E-state index in [-0.39, 0.29) is 11.6 Å². The lowest BCUT2D eigenvalue weighted by Gasteiger charge is -2.33. The van der Waals surface area contributed by atoms with Crippen LogP contribution in [0.3, 0.4) is 0 Å². The van der Waals surface area contributed by atoms with E-state index in [0.29, 0.717) is 12.0 Å². The Morgan fingerprint density at radius 2 is 2.03 bits per heavy atom. The van der Waals surface area contributed by atoms with Crippen LogP contribution in [0, 0.1) is 5.92 Å². The van der Waals surface area contributed by atoms with Gasteiger partial charge in [0.1, 0.15) is 0 Å². The van der Waals surface area contributed by atoms with Gasteiger partial charge in [-0.15, -0.1) is 5.10 Å². The molecule has 2 aromatic heterocycles. The number of benzene rings is 1. The molecule has 0 bridgehead atoms. The Hall–Kier alpha value is -2.54. The number of aromatic nitrogens is 5. The van der Waals surface area contributed by atoms with Gasteiger partial charge in [0.15, 0.2) is 6.04 Å². The second-order valence-electron chi connectivity index (χ2n) is 9.54. The van der Waals surface area contributed by atoms with Crippen LogP contribution in [-0.4, -0.2) is 38.3 Å². The number of pyridine rings is 1. The summed E-state index contributed by atoms with van der Waals surface area (Å²) in [5.74, 6) is 1.49. The molecule has 1 saturated heterocycles. The van der Waals surface area contributed by atoms with Crippen LogP contribution in [-0.2, 0) is 6.42 Å². The van der Waals surface area contributed by atoms with Crippen molar-refractivity contribution in [1.29, 1.82) is 0 Å². The number of fused-ring (bicyclic) bond motifs is 1. The molecule has 1 unspecified atom stereocenters. The number of nitrogens with one attached hydrogen (secondary N) is 2. The Bertz CT molecular complexity index is 1110. The van der Waals surface area contributed by atoms with Gasteiger partial charge in [0.2, 0.25) is 5.82 Å². The number of hydrogen-bond donors (Lipinski definition) is 2. The number of aromatic amines is 1. The van der Waals surface area contributed by atoms with Crippen molar-refractivity contribution in [2.24, 2.45) is 5.92 Å². The van der Waals surface area contributed by atoms with Gasteiger partial charge >= 0.3 is 0 Å². The zero-order valence-electron chi connectivity index (χ0n) is 18.6. The molecule has 1 aliphatic heterocycles. The van der Waals surface area contributed by atoms with Crippen LogP contribution >= 0.6 is 0 Å². The summed E-state index contributed by atoms with van der Waals surface area (Å²) in [6, 6.07) is 8.61. The molecule has 7 nitrogen and oxygen atoms in total. The second kappa shape index (κ2) is 8.54. The Labute approximate surface area is 182 Å². The van der Waals surface area contributed by atoms with E-state index in [4.69, 9.17) is 0 Å². The first kappa shape index (κ1) is 20.4. The van der Waals surface area contributed by atoms with Gasteiger partial charge in [-0.2, -0.15) is 0 Å². The highest BCUT2D eigenvalue weighted by Crippen LogP contribution is 2.31. The molecular weight excluding hydrogens is 388 g/mol. The van der Waals surface area contributed by atoms with Gasteiger partial charge < -0.3 is 9.88 Å². The molecule has 31 heavy (non-hydrogen) atoms. The number of tetrazole rings is 1. The normalized spacial score (nSPS) is 23.4. The maximum absolute atomic E-state index is 13.3. The lowest BCUT2D eigenvalue weighted by molar-refractivity contribution is -0.934. The number of piperidine rings is 1. The number of H-pyrrole nitrogens is 1. The highest BCUT2D eigenvalue weighted by molar-refractivity contribution is 5.79. The molecular formula is C24H33N6O+. The molecule has 164 valence electrons. The van der Waals surface area contributed by atoms with Crippen LogP contribution < -0.4 is 10.5 Å². The van der Waals surface area contributed by atoms with Gasteiger partial charge in [-0.1, -0.05) is 32.8 Å². The third kappa shape index (κ3) is 3.91. The standard InChI is InChI=1S/C24H32N6O/c1-3-17-10-11-21-18(13-17)14-20(24(31)25-21)22(29-12-6-7-16(2)15-29)23-26-27-28-30(23)19-8-4-5-9-19/h10-11,13-14,16,19,22H,3-9,12,15H2,1-2H3,(H,25,31)/p+1/t16-,22+/m0/s1. The van der Waals surface area contributed by atoms with Crippen LogP contribution in [0.15, 0.2) is 29.1 Å². The van der Waals surface area contributed by atoms with Crippen LogP contribution in [0.2, 0.25) is 0 Å². The van der Waals surface area contributed by atoms with Crippen LogP contribution in [0.1, 0.15) is 81.4 Å². The van der Waals surface area contributed by atoms with Gasteiger partial charge in [-0.25, -0.2) is 4.68 Å². The van der Waals surface area contributed by atoms with Crippen molar-refractivity contribution in [3.63, 3.8) is 0 Å². The largest absolute Gasteiger partial charge is 0.322 e. The van der Waals surface area contributed by atoms with E-state index >= 15 is 0 Å². The fourth-order valence-corrected chi connectivity index (χ4v) is 5.64. The SMILES string of the molecule is CCc1ccc2[nH]c(=O)c([C@H](c3nnnn3C3CCCC3)[NH+]3CCC[C@H](C)C3)cc2c1. The molecule has 3 aromatic rings. The molecule has 1 aromatic carbocycles. The molecule has 0 spiro atoms. The molecule has 7 heteroatoms. The number of aryl methyl sites for hydroxylation is 1. The minimum absolute atomic E-state index is 0.0200. The van der Waals surface area contributed by atoms with Crippen molar-refractivity contribution in [3.05, 3.63) is 51.6 Å². The number of hydrogen-bond acceptors (Lipinski definition) is 4. The summed E-state index contributed by atoms with van der Waals surface area (Å²) < 4.78 is 2.04. The maximum Gasteiger partial charge on any atom is 0.258 e. The summed E-state index contributed by atoms with van der Waals surface area (Å²) in [7, 11) is 0. The van der Waals surface area contributed by atoms with Gasteiger partial charge in [-0.05, 0) is 71.7 Å². The minimum Gasteiger partial charge on any atom is -0.322 e. The van der Waals surface area contributed by atoms with Gasteiger partial charge in [0.05, 0.1) is 24.7 Å². The lowest BCUT2D eigenvalue weighted by Crippen LogP contribution is -3.14. The monoisotopic (exact) mass is 421 g/mol. The molecule has 1 aliphatic carbocycles. The van der Waals surface area contributed by atoms with E-state index in [9.17, 15) is 4.79 Å². The summed E-state index contributed by atoms with van der Waals surface area (Å²) in [6.07, 6.45) is 8.07. The van der Waals surface area contributed by atoms with Crippen molar-refractivity contribution >= 4 is 10.9 Å². The van der Waals surface area contributed by atoms with Crippen LogP contribution in [0.5, 0.6) is 0 Å². The Balaban J connectivity index is 1.65. The van der Waals surface area contributed by atoms with Gasteiger partial charge in [-0.3, -0.25) is 4.79 Å². The topological polar surface area (TPSA) is 80.9 Å². The van der Waals surface area contributed by atoms with Gasteiger partial charge in [0.25, 0.3) is 5.56 Å². The number of nitrogens with zero attached hydrogens (tertiary/aromatic N) is 4. The van der Waals surface area contributed by atoms with E-state index in [1.807, 2.05) is 10.7 Å². The van der Waals surface area contributed by atoms with E-state index in [0.717, 1.165) is 54.6 Å². The average molecular weight is 422 g/mol. The highest BCUT2D eigenvalue weighted by atomic mass is 16.1. The van der Waals surface area contributed by atoms with Crippen molar-refractivity contribution in [1.82, 2.24) is 25.2 Å².